The number of para-hydroxylation sites is 1. The summed E-state index contributed by atoms with van der Waals surface area (Å²) in [6.07, 6.45) is 1.42. The van der Waals surface area contributed by atoms with Gasteiger partial charge in [-0.25, -0.2) is 8.42 Å². The van der Waals surface area contributed by atoms with Crippen molar-refractivity contribution in [2.45, 2.75) is 36.7 Å². The predicted molar refractivity (Wildman–Crippen MR) is 170 cm³/mol. The van der Waals surface area contributed by atoms with E-state index in [1.807, 2.05) is 0 Å². The van der Waals surface area contributed by atoms with Crippen molar-refractivity contribution in [1.82, 2.24) is 10.0 Å². The zero-order chi connectivity index (χ0) is 31.6. The average molecular weight is 655 g/mol. The second kappa shape index (κ2) is 12.6. The van der Waals surface area contributed by atoms with Crippen molar-refractivity contribution in [2.75, 3.05) is 10.5 Å². The molecule has 8 N–H and O–H groups in total. The van der Waals surface area contributed by atoms with Crippen LogP contribution in [-0.2, 0) is 27.8 Å². The Morgan fingerprint density at radius 3 is 2.41 bits per heavy atom. The number of sulfonamides is 1. The number of nitrogen functional groups attached to an aromatic ring is 2. The highest BCUT2D eigenvalue weighted by Crippen LogP contribution is 2.35. The van der Waals surface area contributed by atoms with Crippen molar-refractivity contribution < 1.29 is 18.4 Å². The summed E-state index contributed by atoms with van der Waals surface area (Å²) in [5.74, 6) is -0.507. The fraction of sp³-hybridized carbons (Fsp3) is 0.167. The zero-order valence-electron chi connectivity index (χ0n) is 23.2. The molecule has 0 aliphatic heterocycles. The second-order valence-electron chi connectivity index (χ2n) is 10.3. The van der Waals surface area contributed by atoms with E-state index in [1.54, 1.807) is 42.5 Å². The molecule has 3 aromatic carbocycles. The summed E-state index contributed by atoms with van der Waals surface area (Å²) in [5, 5.41) is 21.9. The molecular formula is C30H29Cl2N7O4S. The highest BCUT2D eigenvalue weighted by atomic mass is 35.5. The monoisotopic (exact) mass is 653 g/mol. The number of halogens is 2. The summed E-state index contributed by atoms with van der Waals surface area (Å²) in [5.41, 5.74) is 14.0. The van der Waals surface area contributed by atoms with Crippen molar-refractivity contribution >= 4 is 56.3 Å². The first-order valence-electron chi connectivity index (χ1n) is 13.5. The lowest BCUT2D eigenvalue weighted by Crippen LogP contribution is -2.30. The first kappa shape index (κ1) is 30.9. The first-order chi connectivity index (χ1) is 20.9. The van der Waals surface area contributed by atoms with Crippen LogP contribution in [0.1, 0.15) is 29.7 Å². The van der Waals surface area contributed by atoms with Gasteiger partial charge in [0.25, 0.3) is 10.0 Å². The maximum absolute atomic E-state index is 13.4. The summed E-state index contributed by atoms with van der Waals surface area (Å²) >= 11 is 12.9. The van der Waals surface area contributed by atoms with E-state index in [9.17, 15) is 18.4 Å². The molecule has 0 unspecified atom stereocenters. The van der Waals surface area contributed by atoms with E-state index in [-0.39, 0.29) is 73.5 Å². The average Bonchev–Trinajstić information content (AvgIpc) is 3.79. The van der Waals surface area contributed by atoms with Crippen LogP contribution in [0.5, 0.6) is 0 Å². The van der Waals surface area contributed by atoms with E-state index in [2.05, 4.69) is 15.0 Å². The summed E-state index contributed by atoms with van der Waals surface area (Å²) < 4.78 is 30.0. The van der Waals surface area contributed by atoms with Gasteiger partial charge in [-0.3, -0.25) is 19.9 Å². The molecule has 4 aromatic rings. The van der Waals surface area contributed by atoms with E-state index in [0.717, 1.165) is 23.1 Å². The quantitative estimate of drug-likeness (QED) is 0.0640. The summed E-state index contributed by atoms with van der Waals surface area (Å²) in [4.78, 5) is 17.5. The number of rotatable bonds is 10. The third-order valence-corrected chi connectivity index (χ3v) is 8.82. The number of nitrogens with one attached hydrogen (secondary N) is 3. The third-order valence-electron chi connectivity index (χ3n) is 6.85. The summed E-state index contributed by atoms with van der Waals surface area (Å²) in [6.45, 7) is 0.173. The van der Waals surface area contributed by atoms with Crippen molar-refractivity contribution in [2.24, 2.45) is 10.7 Å². The van der Waals surface area contributed by atoms with Gasteiger partial charge in [0.1, 0.15) is 5.84 Å². The highest BCUT2D eigenvalue weighted by Gasteiger charge is 2.24. The van der Waals surface area contributed by atoms with E-state index >= 15 is 0 Å². The molecule has 0 atom stereocenters. The van der Waals surface area contributed by atoms with Crippen LogP contribution < -0.4 is 27.0 Å². The number of amidine groups is 1. The molecule has 0 radical (unpaired) electrons. The van der Waals surface area contributed by atoms with Crippen LogP contribution in [0.4, 0.5) is 11.4 Å². The fourth-order valence-electron chi connectivity index (χ4n) is 4.47. The van der Waals surface area contributed by atoms with E-state index in [4.69, 9.17) is 40.1 Å². The standard InChI is InChI=1S/C30H29Cl2N7O4S/c31-23-3-1-2-4-25(23)38-44(42,43)22-12-19(11-20(33)13-22)29-24(32)14-27(37-21-9-10-21)39(41)26(29)15-28(40)36-16-17-5-7-18(8-6-17)30(34)35/h1-8,11-14,21,38,41H,9-10,15-16,33H2,(H3,34,35)(H,36,40). The Labute approximate surface area is 263 Å². The highest BCUT2D eigenvalue weighted by molar-refractivity contribution is 7.92. The minimum atomic E-state index is -4.16. The lowest BCUT2D eigenvalue weighted by atomic mass is 10.0. The Hall–Kier alpha value is -4.52. The van der Waals surface area contributed by atoms with Crippen molar-refractivity contribution in [3.05, 3.63) is 105 Å². The van der Waals surface area contributed by atoms with Crippen molar-refractivity contribution in [3.8, 4) is 11.1 Å². The largest absolute Gasteiger partial charge is 0.427 e. The van der Waals surface area contributed by atoms with Crippen LogP contribution in [0.15, 0.2) is 82.7 Å². The Kier molecular flexibility index (Phi) is 8.86. The summed E-state index contributed by atoms with van der Waals surface area (Å²) in [6, 6.07) is 18.9. The van der Waals surface area contributed by atoms with Gasteiger partial charge in [-0.2, -0.15) is 4.73 Å². The van der Waals surface area contributed by atoms with Gasteiger partial charge in [-0.05, 0) is 54.3 Å². The van der Waals surface area contributed by atoms with Crippen molar-refractivity contribution in [1.29, 1.82) is 5.41 Å². The van der Waals surface area contributed by atoms with Gasteiger partial charge < -0.3 is 22.0 Å². The molecule has 44 heavy (non-hydrogen) atoms. The second-order valence-corrected chi connectivity index (χ2v) is 12.8. The summed E-state index contributed by atoms with van der Waals surface area (Å²) in [7, 11) is -4.16. The minimum Gasteiger partial charge on any atom is -0.427 e. The molecule has 1 heterocycles. The first-order valence-corrected chi connectivity index (χ1v) is 15.7. The van der Waals surface area contributed by atoms with Gasteiger partial charge in [0.15, 0.2) is 5.49 Å². The topological polar surface area (TPSA) is 189 Å². The SMILES string of the molecule is N=C(N)c1ccc(CNC(=O)Cc2c(-c3cc(N)cc(S(=O)(=O)Nc4ccccc4Cl)c3)c(Cl)cc(=NC3CC3)n2O)cc1. The van der Waals surface area contributed by atoms with Gasteiger partial charge in [0, 0.05) is 29.4 Å². The van der Waals surface area contributed by atoms with Gasteiger partial charge in [-0.15, -0.1) is 0 Å². The number of anilines is 2. The van der Waals surface area contributed by atoms with Gasteiger partial charge in [0.05, 0.1) is 38.8 Å². The molecule has 0 bridgehead atoms. The number of pyridine rings is 1. The van der Waals surface area contributed by atoms with Gasteiger partial charge in [-0.1, -0.05) is 59.6 Å². The van der Waals surface area contributed by atoms with E-state index < -0.39 is 15.9 Å². The van der Waals surface area contributed by atoms with Crippen molar-refractivity contribution in [3.63, 3.8) is 0 Å². The molecule has 0 saturated heterocycles. The lowest BCUT2D eigenvalue weighted by molar-refractivity contribution is -0.120. The number of hydrogen-bond acceptors (Lipinski definition) is 7. The molecule has 0 spiro atoms. The minimum absolute atomic E-state index is 0.0370. The molecule has 228 valence electrons. The van der Waals surface area contributed by atoms with Crippen LogP contribution in [0.25, 0.3) is 11.1 Å². The molecule has 1 amide bonds. The molecule has 5 rings (SSSR count). The van der Waals surface area contributed by atoms with Crippen LogP contribution in [-0.4, -0.2) is 36.1 Å². The number of carbonyl (C=O) groups is 1. The molecule has 11 nitrogen and oxygen atoms in total. The predicted octanol–water partition coefficient (Wildman–Crippen LogP) is 4.29. The molecule has 1 aromatic heterocycles. The van der Waals surface area contributed by atoms with Gasteiger partial charge in [0.2, 0.25) is 5.91 Å². The maximum Gasteiger partial charge on any atom is 0.262 e. The zero-order valence-corrected chi connectivity index (χ0v) is 25.5. The molecule has 1 aliphatic carbocycles. The number of benzene rings is 3. The molecule has 1 saturated carbocycles. The molecule has 14 heteroatoms. The smallest absolute Gasteiger partial charge is 0.262 e. The lowest BCUT2D eigenvalue weighted by Gasteiger charge is -2.18. The van der Waals surface area contributed by atoms with Crippen LogP contribution in [0, 0.1) is 5.41 Å². The fourth-order valence-corrected chi connectivity index (χ4v) is 6.18. The molecule has 1 fully saturated rings. The third kappa shape index (κ3) is 7.16. The number of aromatic nitrogens is 1. The normalized spacial score (nSPS) is 13.5. The Balaban J connectivity index is 1.51. The maximum atomic E-state index is 13.4. The Morgan fingerprint density at radius 1 is 1.05 bits per heavy atom. The molecular weight excluding hydrogens is 625 g/mol. The van der Waals surface area contributed by atoms with E-state index in [0.29, 0.717) is 5.56 Å². The van der Waals surface area contributed by atoms with Crippen LogP contribution in [0.2, 0.25) is 10.0 Å². The Bertz CT molecular complexity index is 1940. The van der Waals surface area contributed by atoms with Crippen LogP contribution >= 0.6 is 23.2 Å². The Morgan fingerprint density at radius 2 is 1.75 bits per heavy atom. The number of carbonyl (C=O) groups excluding carboxylic acids is 1. The number of nitrogens with two attached hydrogens (primary N) is 2. The number of hydrogen-bond donors (Lipinski definition) is 6. The number of nitrogens with zero attached hydrogens (tertiary/aromatic N) is 2. The van der Waals surface area contributed by atoms with Gasteiger partial charge >= 0.3 is 0 Å². The number of amides is 1. The molecule has 1 aliphatic rings. The van der Waals surface area contributed by atoms with Crippen LogP contribution in [0.3, 0.4) is 0 Å². The van der Waals surface area contributed by atoms with E-state index in [1.165, 1.54) is 30.3 Å².